The Bertz CT molecular complexity index is 1180. The van der Waals surface area contributed by atoms with Gasteiger partial charge in [0.25, 0.3) is 0 Å². The molecule has 0 spiro atoms. The average Bonchev–Trinajstić information content (AvgIpc) is 3.19. The number of hydrogen-bond acceptors (Lipinski definition) is 4. The lowest BCUT2D eigenvalue weighted by Crippen LogP contribution is -2.31. The number of allylic oxidation sites excluding steroid dienone is 1. The fraction of sp³-hybridized carbons (Fsp3) is 0.357. The first-order valence-electron chi connectivity index (χ1n) is 12.0. The molecule has 0 unspecified atom stereocenters. The summed E-state index contributed by atoms with van der Waals surface area (Å²) in [6.45, 7) is 0. The first-order valence-corrected chi connectivity index (χ1v) is 12.0. The van der Waals surface area contributed by atoms with E-state index in [0.29, 0.717) is 5.82 Å². The third-order valence-corrected chi connectivity index (χ3v) is 7.35. The second-order valence-corrected chi connectivity index (χ2v) is 9.95. The Morgan fingerprint density at radius 2 is 1.62 bits per heavy atom. The Morgan fingerprint density at radius 3 is 2.15 bits per heavy atom. The van der Waals surface area contributed by atoms with Gasteiger partial charge in [-0.3, -0.25) is 9.89 Å². The van der Waals surface area contributed by atoms with Gasteiger partial charge in [-0.25, -0.2) is 0 Å². The van der Waals surface area contributed by atoms with Crippen LogP contribution in [-0.2, 0) is 16.6 Å². The molecule has 0 bridgehead atoms. The van der Waals surface area contributed by atoms with Crippen molar-refractivity contribution < 1.29 is 4.79 Å². The summed E-state index contributed by atoms with van der Waals surface area (Å²) in [5.74, 6) is 0.852. The molecule has 3 aromatic rings. The van der Waals surface area contributed by atoms with Gasteiger partial charge in [-0.1, -0.05) is 42.8 Å². The molecule has 1 amide bonds. The van der Waals surface area contributed by atoms with E-state index in [1.54, 1.807) is 0 Å². The number of carbonyl (C=O) groups is 1. The van der Waals surface area contributed by atoms with Gasteiger partial charge in [0.2, 0.25) is 5.91 Å². The van der Waals surface area contributed by atoms with Crippen LogP contribution in [0.15, 0.2) is 54.6 Å². The number of nitrogens with one attached hydrogen (secondary N) is 2. The third-order valence-electron chi connectivity index (χ3n) is 7.35. The van der Waals surface area contributed by atoms with E-state index < -0.39 is 0 Å². The highest BCUT2D eigenvalue weighted by Gasteiger charge is 2.37. The van der Waals surface area contributed by atoms with Crippen LogP contribution in [0.1, 0.15) is 41.6 Å². The predicted molar refractivity (Wildman–Crippen MR) is 140 cm³/mol. The lowest BCUT2D eigenvalue weighted by Gasteiger charge is -2.35. The summed E-state index contributed by atoms with van der Waals surface area (Å²) >= 11 is 0. The Hall–Kier alpha value is -3.54. The first kappa shape index (κ1) is 22.3. The van der Waals surface area contributed by atoms with Crippen LogP contribution in [0.4, 0.5) is 17.2 Å². The molecule has 0 atom stereocenters. The fourth-order valence-corrected chi connectivity index (χ4v) is 4.94. The fourth-order valence-electron chi connectivity index (χ4n) is 4.94. The highest BCUT2D eigenvalue weighted by molar-refractivity contribution is 5.94. The summed E-state index contributed by atoms with van der Waals surface area (Å²) in [5.41, 5.74) is 6.45. The van der Waals surface area contributed by atoms with Gasteiger partial charge in [0.05, 0.1) is 0 Å². The lowest BCUT2D eigenvalue weighted by molar-refractivity contribution is -0.122. The summed E-state index contributed by atoms with van der Waals surface area (Å²) in [6.07, 6.45) is 8.23. The number of fused-ring (bicyclic) bond motifs is 1. The summed E-state index contributed by atoms with van der Waals surface area (Å²) in [7, 11) is 8.27. The zero-order valence-corrected chi connectivity index (χ0v) is 20.4. The number of rotatable bonds is 6. The van der Waals surface area contributed by atoms with Crippen molar-refractivity contribution >= 4 is 29.2 Å². The lowest BCUT2D eigenvalue weighted by atomic mass is 9.68. The molecule has 1 heterocycles. The van der Waals surface area contributed by atoms with Gasteiger partial charge in [0, 0.05) is 68.6 Å². The number of amides is 1. The van der Waals surface area contributed by atoms with E-state index in [9.17, 15) is 4.79 Å². The van der Waals surface area contributed by atoms with E-state index in [-0.39, 0.29) is 17.2 Å². The molecule has 2 aliphatic carbocycles. The van der Waals surface area contributed by atoms with Crippen LogP contribution in [0.5, 0.6) is 0 Å². The molecular weight excluding hydrogens is 422 g/mol. The van der Waals surface area contributed by atoms with Gasteiger partial charge in [0.1, 0.15) is 0 Å². The largest absolute Gasteiger partial charge is 0.378 e. The number of carbonyl (C=O) groups excluding carboxylic acids is 1. The van der Waals surface area contributed by atoms with E-state index in [2.05, 4.69) is 114 Å². The molecule has 1 saturated carbocycles. The van der Waals surface area contributed by atoms with Crippen molar-refractivity contribution in [3.05, 3.63) is 77.0 Å². The number of aromatic amines is 1. The summed E-state index contributed by atoms with van der Waals surface area (Å²) in [6, 6.07) is 17.5. The van der Waals surface area contributed by atoms with Crippen molar-refractivity contribution in [1.29, 1.82) is 0 Å². The van der Waals surface area contributed by atoms with Crippen molar-refractivity contribution in [2.75, 3.05) is 43.3 Å². The highest BCUT2D eigenvalue weighted by Crippen LogP contribution is 2.44. The summed E-state index contributed by atoms with van der Waals surface area (Å²) < 4.78 is 0. The predicted octanol–water partition coefficient (Wildman–Crippen LogP) is 4.84. The van der Waals surface area contributed by atoms with Crippen LogP contribution in [0.25, 0.3) is 6.08 Å². The van der Waals surface area contributed by atoms with Crippen LogP contribution in [0, 0.1) is 5.92 Å². The minimum absolute atomic E-state index is 0.0863. The molecule has 5 rings (SSSR count). The highest BCUT2D eigenvalue weighted by atomic mass is 16.2. The van der Waals surface area contributed by atoms with Gasteiger partial charge >= 0.3 is 0 Å². The maximum atomic E-state index is 12.6. The molecule has 1 aromatic heterocycles. The SMILES string of the molecule is CN(C)c1cccc(C2(c3cccc(N(C)C)c3)C=Cc3c(NC(=O)C4CCC4)n[nH]c3C2)c1. The van der Waals surface area contributed by atoms with E-state index in [1.807, 2.05) is 0 Å². The Morgan fingerprint density at radius 1 is 1.00 bits per heavy atom. The minimum atomic E-state index is -0.354. The number of aromatic nitrogens is 2. The normalized spacial score (nSPS) is 16.5. The van der Waals surface area contributed by atoms with Gasteiger partial charge in [-0.2, -0.15) is 5.10 Å². The van der Waals surface area contributed by atoms with E-state index >= 15 is 0 Å². The molecule has 6 nitrogen and oxygen atoms in total. The first-order chi connectivity index (χ1) is 16.4. The molecule has 0 saturated heterocycles. The molecule has 2 aromatic carbocycles. The minimum Gasteiger partial charge on any atom is -0.378 e. The quantitative estimate of drug-likeness (QED) is 0.559. The maximum absolute atomic E-state index is 12.6. The number of benzene rings is 2. The molecule has 2 N–H and O–H groups in total. The van der Waals surface area contributed by atoms with Crippen LogP contribution in [0.2, 0.25) is 0 Å². The van der Waals surface area contributed by atoms with E-state index in [4.69, 9.17) is 0 Å². The monoisotopic (exact) mass is 455 g/mol. The zero-order valence-electron chi connectivity index (χ0n) is 20.4. The van der Waals surface area contributed by atoms with E-state index in [1.165, 1.54) is 11.1 Å². The van der Waals surface area contributed by atoms with Gasteiger partial charge in [0.15, 0.2) is 5.82 Å². The molecule has 2 aliphatic rings. The van der Waals surface area contributed by atoms with Crippen LogP contribution >= 0.6 is 0 Å². The van der Waals surface area contributed by atoms with Crippen molar-refractivity contribution in [1.82, 2.24) is 10.2 Å². The molecule has 0 radical (unpaired) electrons. The third kappa shape index (κ3) is 3.87. The van der Waals surface area contributed by atoms with Gasteiger partial charge in [-0.15, -0.1) is 0 Å². The van der Waals surface area contributed by atoms with Crippen molar-refractivity contribution in [2.45, 2.75) is 31.1 Å². The maximum Gasteiger partial charge on any atom is 0.228 e. The zero-order chi connectivity index (χ0) is 23.9. The summed E-state index contributed by atoms with van der Waals surface area (Å²) in [4.78, 5) is 16.8. The van der Waals surface area contributed by atoms with Gasteiger partial charge < -0.3 is 15.1 Å². The second kappa shape index (κ2) is 8.67. The standard InChI is InChI=1S/C28H33N5O/c1-32(2)22-12-6-10-20(16-22)28(21-11-7-13-23(17-21)33(3)4)15-14-24-25(18-28)30-31-26(24)29-27(34)19-8-5-9-19/h6-7,10-17,19H,5,8-9,18H2,1-4H3,(H2,29,30,31,34). The van der Waals surface area contributed by atoms with Crippen LogP contribution in [-0.4, -0.2) is 44.3 Å². The topological polar surface area (TPSA) is 64.3 Å². The van der Waals surface area contributed by atoms with Crippen molar-refractivity contribution in [2.24, 2.45) is 5.92 Å². The second-order valence-electron chi connectivity index (χ2n) is 9.95. The number of anilines is 3. The molecule has 6 heteroatoms. The Labute approximate surface area is 201 Å². The van der Waals surface area contributed by atoms with E-state index in [0.717, 1.165) is 48.3 Å². The summed E-state index contributed by atoms with van der Waals surface area (Å²) in [5, 5.41) is 10.8. The average molecular weight is 456 g/mol. The van der Waals surface area contributed by atoms with Crippen molar-refractivity contribution in [3.63, 3.8) is 0 Å². The molecule has 1 fully saturated rings. The van der Waals surface area contributed by atoms with Gasteiger partial charge in [-0.05, 0) is 48.2 Å². The van der Waals surface area contributed by atoms with Crippen LogP contribution < -0.4 is 15.1 Å². The Balaban J connectivity index is 1.58. The Kier molecular flexibility index (Phi) is 5.68. The number of hydrogen-bond donors (Lipinski definition) is 2. The smallest absolute Gasteiger partial charge is 0.228 e. The van der Waals surface area contributed by atoms with Crippen molar-refractivity contribution in [3.8, 4) is 0 Å². The molecule has 34 heavy (non-hydrogen) atoms. The molecular formula is C28H33N5O. The molecule has 0 aliphatic heterocycles. The number of H-pyrrole nitrogens is 1. The molecule has 176 valence electrons. The number of nitrogens with zero attached hydrogens (tertiary/aromatic N) is 3. The van der Waals surface area contributed by atoms with Crippen LogP contribution in [0.3, 0.4) is 0 Å².